The highest BCUT2D eigenvalue weighted by Gasteiger charge is 2.60. The largest absolute Gasteiger partial charge is 0.393 e. The van der Waals surface area contributed by atoms with Gasteiger partial charge in [-0.05, 0) is 103 Å². The first-order valence-corrected chi connectivity index (χ1v) is 14.5. The molecular weight excluding hydrogens is 502 g/mol. The maximum absolute atomic E-state index is 13.5. The van der Waals surface area contributed by atoms with Crippen molar-refractivity contribution in [3.63, 3.8) is 0 Å². The summed E-state index contributed by atoms with van der Waals surface area (Å²) < 4.78 is 0. The number of nitrogens with one attached hydrogen (secondary N) is 3. The van der Waals surface area contributed by atoms with Crippen molar-refractivity contribution in [3.8, 4) is 0 Å². The molecule has 220 valence electrons. The number of amides is 4. The summed E-state index contributed by atoms with van der Waals surface area (Å²) >= 11 is 0. The Labute approximate surface area is 231 Å². The average Bonchev–Trinajstić information content (AvgIpc) is 3.61. The highest BCUT2D eigenvalue weighted by atomic mass is 16.3. The Morgan fingerprint density at radius 3 is 1.36 bits per heavy atom. The Bertz CT molecular complexity index is 856. The van der Waals surface area contributed by atoms with Crippen LogP contribution in [0.2, 0.25) is 0 Å². The van der Waals surface area contributed by atoms with Gasteiger partial charge in [-0.1, -0.05) is 0 Å². The fourth-order valence-electron chi connectivity index (χ4n) is 7.86. The number of nitrogens with zero attached hydrogens (tertiary/aromatic N) is 2. The number of carbonyl (C=O) groups is 4. The van der Waals surface area contributed by atoms with Gasteiger partial charge in [0.05, 0.1) is 35.9 Å². The zero-order chi connectivity index (χ0) is 28.4. The molecule has 10 unspecified atom stereocenters. The van der Waals surface area contributed by atoms with Crippen molar-refractivity contribution in [1.29, 1.82) is 0 Å². The molecule has 5 N–H and O–H groups in total. The van der Waals surface area contributed by atoms with E-state index < -0.39 is 47.7 Å². The zero-order valence-corrected chi connectivity index (χ0v) is 23.8. The summed E-state index contributed by atoms with van der Waals surface area (Å²) in [7, 11) is 7.85. The number of hydrogen-bond acceptors (Lipinski definition) is 8. The van der Waals surface area contributed by atoms with Crippen molar-refractivity contribution >= 4 is 23.6 Å². The van der Waals surface area contributed by atoms with Gasteiger partial charge in [0.2, 0.25) is 23.6 Å². The van der Waals surface area contributed by atoms with Crippen LogP contribution in [0, 0.1) is 47.3 Å². The molecule has 0 aromatic heterocycles. The van der Waals surface area contributed by atoms with Crippen LogP contribution in [0.3, 0.4) is 0 Å². The van der Waals surface area contributed by atoms with Gasteiger partial charge in [-0.25, -0.2) is 0 Å². The Balaban J connectivity index is 1.41. The minimum Gasteiger partial charge on any atom is -0.393 e. The van der Waals surface area contributed by atoms with Crippen molar-refractivity contribution < 1.29 is 29.4 Å². The summed E-state index contributed by atoms with van der Waals surface area (Å²) in [6, 6.07) is 0. The predicted molar refractivity (Wildman–Crippen MR) is 144 cm³/mol. The lowest BCUT2D eigenvalue weighted by Crippen LogP contribution is -2.53. The number of aliphatic hydroxyl groups is 2. The highest BCUT2D eigenvalue weighted by molar-refractivity contribution is 6.01. The normalized spacial score (nSPS) is 36.5. The second-order valence-electron chi connectivity index (χ2n) is 12.8. The Morgan fingerprint density at radius 2 is 1.00 bits per heavy atom. The van der Waals surface area contributed by atoms with Crippen LogP contribution in [0.1, 0.15) is 38.5 Å². The summed E-state index contributed by atoms with van der Waals surface area (Å²) in [5, 5.41) is 29.5. The van der Waals surface area contributed by atoms with Gasteiger partial charge in [-0.3, -0.25) is 24.5 Å². The third-order valence-electron chi connectivity index (χ3n) is 9.56. The Morgan fingerprint density at radius 1 is 0.615 bits per heavy atom. The monoisotopic (exact) mass is 549 g/mol. The van der Waals surface area contributed by atoms with Crippen molar-refractivity contribution in [2.24, 2.45) is 47.3 Å². The fraction of sp³-hybridized carbons (Fsp3) is 0.857. The molecule has 39 heavy (non-hydrogen) atoms. The third kappa shape index (κ3) is 6.47. The van der Waals surface area contributed by atoms with Crippen LogP contribution in [0.4, 0.5) is 0 Å². The molecule has 10 atom stereocenters. The van der Waals surface area contributed by atoms with Gasteiger partial charge in [0.25, 0.3) is 0 Å². The van der Waals surface area contributed by atoms with Crippen molar-refractivity contribution in [2.45, 2.75) is 50.7 Å². The molecule has 0 aromatic carbocycles. The van der Waals surface area contributed by atoms with E-state index in [0.29, 0.717) is 38.8 Å². The van der Waals surface area contributed by atoms with Gasteiger partial charge in [0.15, 0.2) is 0 Å². The standard InChI is InChI=1S/C28H47N5O6/c1-32(2)9-5-7-29-25(36)21-15-11-17(19(34)13-15)23(21)27(38)31-28(39)24-18-12-16(14-20(18)35)22(24)26(37)30-8-6-10-33(3)4/h15-24,34-35H,5-14H2,1-4H3,(H,29,36)(H,30,37)(H,31,38,39). The summed E-state index contributed by atoms with van der Waals surface area (Å²) in [5.74, 6) is -5.23. The number of aliphatic hydroxyl groups excluding tert-OH is 2. The van der Waals surface area contributed by atoms with E-state index in [-0.39, 0.29) is 35.5 Å². The zero-order valence-electron chi connectivity index (χ0n) is 23.8. The van der Waals surface area contributed by atoms with E-state index in [1.807, 2.05) is 38.0 Å². The molecule has 4 saturated carbocycles. The summed E-state index contributed by atoms with van der Waals surface area (Å²) in [4.78, 5) is 57.4. The van der Waals surface area contributed by atoms with Gasteiger partial charge >= 0.3 is 0 Å². The first kappa shape index (κ1) is 29.9. The number of carbonyl (C=O) groups excluding carboxylic acids is 4. The third-order valence-corrected chi connectivity index (χ3v) is 9.56. The van der Waals surface area contributed by atoms with Gasteiger partial charge in [0, 0.05) is 13.1 Å². The van der Waals surface area contributed by atoms with E-state index in [1.54, 1.807) is 0 Å². The minimum absolute atomic E-state index is 0.102. The lowest BCUT2D eigenvalue weighted by atomic mass is 9.75. The smallest absolute Gasteiger partial charge is 0.230 e. The predicted octanol–water partition coefficient (Wildman–Crippen LogP) is -0.969. The SMILES string of the molecule is CN(C)CCCNC(=O)C1C2CC(O)C(C2)C1C(=O)NC(=O)C1C2CC(CC2O)C1C(=O)NCCCN(C)C. The van der Waals surface area contributed by atoms with E-state index in [1.165, 1.54) is 0 Å². The first-order chi connectivity index (χ1) is 18.5. The molecule has 4 aliphatic carbocycles. The van der Waals surface area contributed by atoms with E-state index in [9.17, 15) is 29.4 Å². The second-order valence-corrected chi connectivity index (χ2v) is 12.8. The minimum atomic E-state index is -0.793. The van der Waals surface area contributed by atoms with Crippen LogP contribution in [0.5, 0.6) is 0 Å². The number of fused-ring (bicyclic) bond motifs is 4. The lowest BCUT2D eigenvalue weighted by molar-refractivity contribution is -0.147. The topological polar surface area (TPSA) is 151 Å². The van der Waals surface area contributed by atoms with Gasteiger partial charge < -0.3 is 30.6 Å². The highest BCUT2D eigenvalue weighted by Crippen LogP contribution is 2.54. The molecule has 11 heteroatoms. The van der Waals surface area contributed by atoms with Crippen molar-refractivity contribution in [3.05, 3.63) is 0 Å². The molecule has 0 aliphatic heterocycles. The molecule has 11 nitrogen and oxygen atoms in total. The Kier molecular flexibility index (Phi) is 9.67. The summed E-state index contributed by atoms with van der Waals surface area (Å²) in [5.41, 5.74) is 0. The quantitative estimate of drug-likeness (QED) is 0.154. The molecule has 4 bridgehead atoms. The molecule has 4 fully saturated rings. The molecule has 4 rings (SSSR count). The van der Waals surface area contributed by atoms with Crippen LogP contribution in [-0.2, 0) is 19.2 Å². The van der Waals surface area contributed by atoms with Crippen molar-refractivity contribution in [1.82, 2.24) is 25.8 Å². The molecule has 4 aliphatic rings. The number of imide groups is 1. The molecular formula is C28H47N5O6. The molecule has 0 radical (unpaired) electrons. The Hall–Kier alpha value is -2.08. The van der Waals surface area contributed by atoms with E-state index in [0.717, 1.165) is 25.9 Å². The molecule has 0 aromatic rings. The summed E-state index contributed by atoms with van der Waals surface area (Å²) in [6.07, 6.45) is 2.32. The van der Waals surface area contributed by atoms with Gasteiger partial charge in [0.1, 0.15) is 0 Å². The van der Waals surface area contributed by atoms with Gasteiger partial charge in [-0.15, -0.1) is 0 Å². The van der Waals surface area contributed by atoms with Crippen LogP contribution in [0.25, 0.3) is 0 Å². The second kappa shape index (κ2) is 12.6. The first-order valence-electron chi connectivity index (χ1n) is 14.5. The number of hydrogen-bond donors (Lipinski definition) is 5. The molecule has 0 saturated heterocycles. The van der Waals surface area contributed by atoms with Crippen molar-refractivity contribution in [2.75, 3.05) is 54.4 Å². The van der Waals surface area contributed by atoms with Crippen LogP contribution >= 0.6 is 0 Å². The van der Waals surface area contributed by atoms with Gasteiger partial charge in [-0.2, -0.15) is 0 Å². The molecule has 4 amide bonds. The lowest BCUT2D eigenvalue weighted by Gasteiger charge is -2.34. The summed E-state index contributed by atoms with van der Waals surface area (Å²) in [6.45, 7) is 2.64. The van der Waals surface area contributed by atoms with E-state index in [4.69, 9.17) is 0 Å². The van der Waals surface area contributed by atoms with E-state index in [2.05, 4.69) is 16.0 Å². The van der Waals surface area contributed by atoms with E-state index >= 15 is 0 Å². The average molecular weight is 550 g/mol. The molecule has 0 spiro atoms. The maximum Gasteiger partial charge on any atom is 0.230 e. The molecule has 0 heterocycles. The van der Waals surface area contributed by atoms with Crippen LogP contribution in [-0.4, -0.2) is 110 Å². The number of rotatable bonds is 12. The van der Waals surface area contributed by atoms with Crippen LogP contribution in [0.15, 0.2) is 0 Å². The van der Waals surface area contributed by atoms with Crippen LogP contribution < -0.4 is 16.0 Å². The maximum atomic E-state index is 13.5. The fourth-order valence-corrected chi connectivity index (χ4v) is 7.86.